The Hall–Kier alpha value is -0.120. The summed E-state index contributed by atoms with van der Waals surface area (Å²) < 4.78 is 5.21. The molecule has 1 aliphatic rings. The summed E-state index contributed by atoms with van der Waals surface area (Å²) in [7, 11) is 1.00. The second-order valence-corrected chi connectivity index (χ2v) is 2.83. The molecule has 1 fully saturated rings. The summed E-state index contributed by atoms with van der Waals surface area (Å²) in [5.41, 5.74) is 0. The van der Waals surface area contributed by atoms with Crippen LogP contribution in [0.25, 0.3) is 0 Å². The van der Waals surface area contributed by atoms with Crippen molar-refractivity contribution in [3.63, 3.8) is 0 Å². The molecule has 82 valence electrons. The molecule has 1 saturated heterocycles. The first kappa shape index (κ1) is 15.4. The van der Waals surface area contributed by atoms with Crippen molar-refractivity contribution in [2.75, 3.05) is 13.7 Å². The fourth-order valence-corrected chi connectivity index (χ4v) is 1.17. The van der Waals surface area contributed by atoms with Gasteiger partial charge in [0, 0.05) is 13.7 Å². The maximum Gasteiger partial charge on any atom is 0.0825 e. The maximum absolute atomic E-state index is 9.32. The lowest BCUT2D eigenvalue weighted by atomic mass is 9.95. The number of hydrogen-bond donors (Lipinski definition) is 2. The minimum atomic E-state index is -0.251. The van der Waals surface area contributed by atoms with E-state index < -0.39 is 0 Å². The van der Waals surface area contributed by atoms with Crippen molar-refractivity contribution >= 4 is 0 Å². The lowest BCUT2D eigenvalue weighted by Crippen LogP contribution is -2.37. The van der Waals surface area contributed by atoms with Crippen LogP contribution in [-0.4, -0.2) is 36.1 Å². The largest absolute Gasteiger partial charge is 0.400 e. The zero-order valence-electron chi connectivity index (χ0n) is 9.45. The van der Waals surface area contributed by atoms with Gasteiger partial charge in [-0.2, -0.15) is 0 Å². The van der Waals surface area contributed by atoms with Crippen LogP contribution in [0.4, 0.5) is 0 Å². The molecule has 3 nitrogen and oxygen atoms in total. The third-order valence-corrected chi connectivity index (χ3v) is 2.02. The fourth-order valence-electron chi connectivity index (χ4n) is 1.17. The van der Waals surface area contributed by atoms with Crippen LogP contribution in [-0.2, 0) is 4.74 Å². The van der Waals surface area contributed by atoms with E-state index in [9.17, 15) is 5.11 Å². The SMILES string of the molecule is CC.CO.C[C@@H]1OCC[C@H](C)[C@H]1O. The molecule has 0 radical (unpaired) electrons. The lowest BCUT2D eigenvalue weighted by Gasteiger charge is -2.30. The van der Waals surface area contributed by atoms with Gasteiger partial charge in [-0.3, -0.25) is 0 Å². The van der Waals surface area contributed by atoms with Gasteiger partial charge in [0.1, 0.15) is 0 Å². The molecule has 1 heterocycles. The van der Waals surface area contributed by atoms with Gasteiger partial charge < -0.3 is 14.9 Å². The van der Waals surface area contributed by atoms with Crippen LogP contribution in [0.15, 0.2) is 0 Å². The molecule has 0 aromatic heterocycles. The molecule has 0 amide bonds. The highest BCUT2D eigenvalue weighted by atomic mass is 16.5. The predicted octanol–water partition coefficient (Wildman–Crippen LogP) is 1.43. The van der Waals surface area contributed by atoms with Crippen LogP contribution in [0, 0.1) is 5.92 Å². The standard InChI is InChI=1S/C7H14O2.C2H6.CH4O/c1-5-3-4-9-6(2)7(5)8;2*1-2/h5-8H,3-4H2,1-2H3;1-2H3;2H,1H3/t5-,6-,7+;;/m0../s1. The number of rotatable bonds is 0. The summed E-state index contributed by atoms with van der Waals surface area (Å²) in [6.45, 7) is 8.78. The van der Waals surface area contributed by atoms with Gasteiger partial charge in [0.25, 0.3) is 0 Å². The molecular weight excluding hydrogens is 168 g/mol. The van der Waals surface area contributed by atoms with Crippen molar-refractivity contribution in [1.29, 1.82) is 0 Å². The Kier molecular flexibility index (Phi) is 11.8. The minimum Gasteiger partial charge on any atom is -0.400 e. The maximum atomic E-state index is 9.32. The van der Waals surface area contributed by atoms with Crippen LogP contribution in [0.1, 0.15) is 34.1 Å². The van der Waals surface area contributed by atoms with E-state index >= 15 is 0 Å². The molecule has 0 aliphatic carbocycles. The van der Waals surface area contributed by atoms with Gasteiger partial charge in [-0.05, 0) is 19.3 Å². The Morgan fingerprint density at radius 2 is 1.62 bits per heavy atom. The lowest BCUT2D eigenvalue weighted by molar-refractivity contribution is -0.0911. The van der Waals surface area contributed by atoms with Crippen LogP contribution < -0.4 is 0 Å². The van der Waals surface area contributed by atoms with Gasteiger partial charge in [0.2, 0.25) is 0 Å². The second kappa shape index (κ2) is 9.96. The van der Waals surface area contributed by atoms with E-state index in [-0.39, 0.29) is 12.2 Å². The summed E-state index contributed by atoms with van der Waals surface area (Å²) in [6.07, 6.45) is 0.776. The van der Waals surface area contributed by atoms with E-state index in [0.717, 1.165) is 20.1 Å². The highest BCUT2D eigenvalue weighted by Gasteiger charge is 2.25. The van der Waals surface area contributed by atoms with Gasteiger partial charge in [0.05, 0.1) is 12.2 Å². The zero-order chi connectivity index (χ0) is 10.9. The fraction of sp³-hybridized carbons (Fsp3) is 1.00. The Morgan fingerprint density at radius 3 is 1.92 bits per heavy atom. The highest BCUT2D eigenvalue weighted by molar-refractivity contribution is 4.74. The molecule has 0 aromatic carbocycles. The van der Waals surface area contributed by atoms with Gasteiger partial charge in [0.15, 0.2) is 0 Å². The monoisotopic (exact) mass is 192 g/mol. The molecule has 0 aromatic rings. The van der Waals surface area contributed by atoms with Gasteiger partial charge in [-0.1, -0.05) is 20.8 Å². The topological polar surface area (TPSA) is 49.7 Å². The second-order valence-electron chi connectivity index (χ2n) is 2.83. The molecule has 1 aliphatic heterocycles. The summed E-state index contributed by atoms with van der Waals surface area (Å²) >= 11 is 0. The molecule has 2 N–H and O–H groups in total. The van der Waals surface area contributed by atoms with Crippen molar-refractivity contribution in [3.05, 3.63) is 0 Å². The molecule has 0 spiro atoms. The Morgan fingerprint density at radius 1 is 1.15 bits per heavy atom. The first-order chi connectivity index (χ1) is 6.22. The van der Waals surface area contributed by atoms with Gasteiger partial charge >= 0.3 is 0 Å². The van der Waals surface area contributed by atoms with Crippen LogP contribution in [0.3, 0.4) is 0 Å². The van der Waals surface area contributed by atoms with Crippen molar-refractivity contribution in [1.82, 2.24) is 0 Å². The van der Waals surface area contributed by atoms with Gasteiger partial charge in [-0.15, -0.1) is 0 Å². The van der Waals surface area contributed by atoms with E-state index in [1.807, 2.05) is 20.8 Å². The Balaban J connectivity index is 0. The van der Waals surface area contributed by atoms with E-state index in [4.69, 9.17) is 9.84 Å². The number of hydrogen-bond acceptors (Lipinski definition) is 3. The smallest absolute Gasteiger partial charge is 0.0825 e. The molecule has 3 atom stereocenters. The van der Waals surface area contributed by atoms with Crippen LogP contribution in [0.2, 0.25) is 0 Å². The summed E-state index contributed by atoms with van der Waals surface area (Å²) in [4.78, 5) is 0. The average molecular weight is 192 g/mol. The normalized spacial score (nSPS) is 32.1. The van der Waals surface area contributed by atoms with E-state index in [1.54, 1.807) is 0 Å². The molecule has 3 heteroatoms. The minimum absolute atomic E-state index is 0.0359. The summed E-state index contributed by atoms with van der Waals surface area (Å²) in [5.74, 6) is 0.411. The Labute approximate surface area is 81.7 Å². The highest BCUT2D eigenvalue weighted by Crippen LogP contribution is 2.19. The number of aliphatic hydroxyl groups is 2. The zero-order valence-corrected chi connectivity index (χ0v) is 9.45. The molecule has 1 rings (SSSR count). The molecule has 13 heavy (non-hydrogen) atoms. The van der Waals surface area contributed by atoms with Crippen molar-refractivity contribution in [2.24, 2.45) is 5.92 Å². The molecule has 0 bridgehead atoms. The van der Waals surface area contributed by atoms with E-state index in [1.165, 1.54) is 0 Å². The summed E-state index contributed by atoms with van der Waals surface area (Å²) in [5, 5.41) is 16.3. The number of aliphatic hydroxyl groups excluding tert-OH is 2. The molecular formula is C10H24O3. The van der Waals surface area contributed by atoms with Crippen molar-refractivity contribution in [3.8, 4) is 0 Å². The van der Waals surface area contributed by atoms with E-state index in [0.29, 0.717) is 5.92 Å². The molecule has 0 saturated carbocycles. The van der Waals surface area contributed by atoms with Crippen molar-refractivity contribution < 1.29 is 14.9 Å². The Bertz CT molecular complexity index is 86.2. The van der Waals surface area contributed by atoms with Gasteiger partial charge in [-0.25, -0.2) is 0 Å². The third kappa shape index (κ3) is 6.02. The molecule has 0 unspecified atom stereocenters. The number of ether oxygens (including phenoxy) is 1. The predicted molar refractivity (Wildman–Crippen MR) is 54.7 cm³/mol. The third-order valence-electron chi connectivity index (χ3n) is 2.02. The quantitative estimate of drug-likeness (QED) is 0.610. The van der Waals surface area contributed by atoms with E-state index in [2.05, 4.69) is 6.92 Å². The van der Waals surface area contributed by atoms with Crippen LogP contribution in [0.5, 0.6) is 0 Å². The van der Waals surface area contributed by atoms with Crippen molar-refractivity contribution in [2.45, 2.75) is 46.3 Å². The first-order valence-corrected chi connectivity index (χ1v) is 4.96. The van der Waals surface area contributed by atoms with Crippen LogP contribution >= 0.6 is 0 Å². The first-order valence-electron chi connectivity index (χ1n) is 4.96. The average Bonchev–Trinajstić information content (AvgIpc) is 2.20. The summed E-state index contributed by atoms with van der Waals surface area (Å²) in [6, 6.07) is 0.